The van der Waals surface area contributed by atoms with Gasteiger partial charge in [0.2, 0.25) is 0 Å². The Hall–Kier alpha value is -2.40. The van der Waals surface area contributed by atoms with Crippen LogP contribution in [0.1, 0.15) is 15.9 Å². The summed E-state index contributed by atoms with van der Waals surface area (Å²) in [6.45, 7) is 4.75. The van der Waals surface area contributed by atoms with Crippen LogP contribution in [0.2, 0.25) is 0 Å². The minimum Gasteiger partial charge on any atom is -0.478 e. The Balaban J connectivity index is 1.54. The van der Waals surface area contributed by atoms with Crippen molar-refractivity contribution in [2.45, 2.75) is 6.54 Å². The second-order valence-electron chi connectivity index (χ2n) is 5.45. The smallest absolute Gasteiger partial charge is 0.335 e. The van der Waals surface area contributed by atoms with Crippen LogP contribution in [0, 0.1) is 0 Å². The number of piperazine rings is 1. The molecule has 2 heterocycles. The Morgan fingerprint density at radius 2 is 1.77 bits per heavy atom. The highest BCUT2D eigenvalue weighted by Crippen LogP contribution is 2.14. The van der Waals surface area contributed by atoms with E-state index in [1.54, 1.807) is 12.1 Å². The number of nitrogens with zero attached hydrogens (tertiary/aromatic N) is 3. The molecule has 0 atom stereocenters. The third-order valence-corrected chi connectivity index (χ3v) is 3.95. The molecule has 2 aromatic rings. The first-order valence-electron chi connectivity index (χ1n) is 7.43. The third kappa shape index (κ3) is 3.43. The number of rotatable bonds is 4. The van der Waals surface area contributed by atoms with Crippen LogP contribution < -0.4 is 4.90 Å². The molecule has 1 saturated heterocycles. The predicted molar refractivity (Wildman–Crippen MR) is 85.1 cm³/mol. The molecule has 1 aromatic heterocycles. The van der Waals surface area contributed by atoms with Crippen molar-refractivity contribution in [3.05, 3.63) is 59.8 Å². The summed E-state index contributed by atoms with van der Waals surface area (Å²) in [6, 6.07) is 13.1. The largest absolute Gasteiger partial charge is 0.478 e. The van der Waals surface area contributed by atoms with Gasteiger partial charge in [-0.15, -0.1) is 0 Å². The number of hydrogen-bond donors (Lipinski definition) is 1. The van der Waals surface area contributed by atoms with Crippen LogP contribution >= 0.6 is 0 Å². The lowest BCUT2D eigenvalue weighted by Crippen LogP contribution is -2.46. The Morgan fingerprint density at radius 3 is 2.36 bits per heavy atom. The summed E-state index contributed by atoms with van der Waals surface area (Å²) in [6.07, 6.45) is 1.83. The van der Waals surface area contributed by atoms with E-state index in [2.05, 4.69) is 14.8 Å². The minimum absolute atomic E-state index is 0.337. The van der Waals surface area contributed by atoms with Crippen molar-refractivity contribution in [3.8, 4) is 0 Å². The van der Waals surface area contributed by atoms with E-state index in [1.165, 1.54) is 0 Å². The Morgan fingerprint density at radius 1 is 1.05 bits per heavy atom. The van der Waals surface area contributed by atoms with E-state index in [9.17, 15) is 4.79 Å². The number of pyridine rings is 1. The first-order valence-corrected chi connectivity index (χ1v) is 7.43. The zero-order valence-electron chi connectivity index (χ0n) is 12.4. The number of carboxylic acids is 1. The maximum absolute atomic E-state index is 10.9. The fourth-order valence-corrected chi connectivity index (χ4v) is 2.69. The normalized spacial score (nSPS) is 15.7. The molecule has 1 aliphatic rings. The van der Waals surface area contributed by atoms with Crippen LogP contribution in [-0.4, -0.2) is 47.1 Å². The van der Waals surface area contributed by atoms with Gasteiger partial charge in [0.05, 0.1) is 5.56 Å². The lowest BCUT2D eigenvalue weighted by Gasteiger charge is -2.35. The van der Waals surface area contributed by atoms with Gasteiger partial charge in [0, 0.05) is 38.9 Å². The molecule has 0 aliphatic carbocycles. The Kier molecular flexibility index (Phi) is 4.34. The van der Waals surface area contributed by atoms with E-state index in [0.29, 0.717) is 5.56 Å². The highest BCUT2D eigenvalue weighted by atomic mass is 16.4. The lowest BCUT2D eigenvalue weighted by atomic mass is 10.1. The van der Waals surface area contributed by atoms with E-state index >= 15 is 0 Å². The van der Waals surface area contributed by atoms with Gasteiger partial charge >= 0.3 is 5.97 Å². The van der Waals surface area contributed by atoms with Gasteiger partial charge in [-0.3, -0.25) is 4.90 Å². The molecule has 0 unspecified atom stereocenters. The van der Waals surface area contributed by atoms with Gasteiger partial charge in [-0.25, -0.2) is 9.78 Å². The first-order chi connectivity index (χ1) is 10.7. The van der Waals surface area contributed by atoms with Crippen LogP contribution in [0.3, 0.4) is 0 Å². The summed E-state index contributed by atoms with van der Waals surface area (Å²) in [5.41, 5.74) is 1.49. The molecular formula is C17H19N3O2. The molecule has 1 fully saturated rings. The van der Waals surface area contributed by atoms with Gasteiger partial charge in [0.25, 0.3) is 0 Å². The number of carbonyl (C=O) groups is 1. The molecule has 5 heteroatoms. The van der Waals surface area contributed by atoms with Crippen LogP contribution in [0.25, 0.3) is 0 Å². The number of anilines is 1. The highest BCUT2D eigenvalue weighted by Gasteiger charge is 2.17. The number of hydrogen-bond acceptors (Lipinski definition) is 4. The molecule has 5 nitrogen and oxygen atoms in total. The van der Waals surface area contributed by atoms with E-state index < -0.39 is 5.97 Å². The quantitative estimate of drug-likeness (QED) is 0.936. The number of aromatic nitrogens is 1. The SMILES string of the molecule is O=C(O)c1ccc(CN2CCN(c3ccccn3)CC2)cc1. The molecule has 22 heavy (non-hydrogen) atoms. The van der Waals surface area contributed by atoms with Gasteiger partial charge in [0.15, 0.2) is 0 Å². The molecule has 0 amide bonds. The van der Waals surface area contributed by atoms with Gasteiger partial charge in [-0.05, 0) is 29.8 Å². The fourth-order valence-electron chi connectivity index (χ4n) is 2.69. The van der Waals surface area contributed by atoms with Crippen LogP contribution in [0.5, 0.6) is 0 Å². The summed E-state index contributed by atoms with van der Waals surface area (Å²) in [7, 11) is 0. The fraction of sp³-hybridized carbons (Fsp3) is 0.294. The topological polar surface area (TPSA) is 56.7 Å². The molecule has 0 saturated carbocycles. The molecule has 1 N–H and O–H groups in total. The van der Waals surface area contributed by atoms with Gasteiger partial charge in [0.1, 0.15) is 5.82 Å². The zero-order valence-corrected chi connectivity index (χ0v) is 12.4. The lowest BCUT2D eigenvalue weighted by molar-refractivity contribution is 0.0697. The summed E-state index contributed by atoms with van der Waals surface area (Å²) >= 11 is 0. The Labute approximate surface area is 129 Å². The average molecular weight is 297 g/mol. The third-order valence-electron chi connectivity index (χ3n) is 3.95. The van der Waals surface area contributed by atoms with E-state index in [-0.39, 0.29) is 0 Å². The summed E-state index contributed by atoms with van der Waals surface area (Å²) in [5, 5.41) is 8.91. The van der Waals surface area contributed by atoms with Crippen molar-refractivity contribution in [1.29, 1.82) is 0 Å². The summed E-state index contributed by atoms with van der Waals surface area (Å²) < 4.78 is 0. The first kappa shape index (κ1) is 14.5. The van der Waals surface area contributed by atoms with Crippen LogP contribution in [0.4, 0.5) is 5.82 Å². The molecule has 114 valence electrons. The van der Waals surface area contributed by atoms with Crippen molar-refractivity contribution >= 4 is 11.8 Å². The van der Waals surface area contributed by atoms with Crippen molar-refractivity contribution in [3.63, 3.8) is 0 Å². The molecule has 1 aromatic carbocycles. The van der Waals surface area contributed by atoms with Gasteiger partial charge < -0.3 is 10.0 Å². The van der Waals surface area contributed by atoms with Crippen molar-refractivity contribution < 1.29 is 9.90 Å². The van der Waals surface area contributed by atoms with Crippen molar-refractivity contribution in [1.82, 2.24) is 9.88 Å². The molecule has 0 radical (unpaired) electrons. The molecule has 1 aliphatic heterocycles. The number of aromatic carboxylic acids is 1. The maximum atomic E-state index is 10.9. The monoisotopic (exact) mass is 297 g/mol. The standard InChI is InChI=1S/C17H19N3O2/c21-17(22)15-6-4-14(5-7-15)13-19-9-11-20(12-10-19)16-3-1-2-8-18-16/h1-8H,9-13H2,(H,21,22). The van der Waals surface area contributed by atoms with E-state index in [1.807, 2.05) is 36.5 Å². The van der Waals surface area contributed by atoms with Gasteiger partial charge in [-0.2, -0.15) is 0 Å². The van der Waals surface area contributed by atoms with E-state index in [4.69, 9.17) is 5.11 Å². The average Bonchev–Trinajstić information content (AvgIpc) is 2.57. The van der Waals surface area contributed by atoms with Crippen LogP contribution in [0.15, 0.2) is 48.7 Å². The maximum Gasteiger partial charge on any atom is 0.335 e. The molecule has 0 bridgehead atoms. The molecule has 3 rings (SSSR count). The second kappa shape index (κ2) is 6.58. The number of carboxylic acid groups (broad SMARTS) is 1. The van der Waals surface area contributed by atoms with Gasteiger partial charge in [-0.1, -0.05) is 18.2 Å². The predicted octanol–water partition coefficient (Wildman–Crippen LogP) is 2.10. The zero-order chi connectivity index (χ0) is 15.4. The number of benzene rings is 1. The van der Waals surface area contributed by atoms with Crippen molar-refractivity contribution in [2.24, 2.45) is 0 Å². The van der Waals surface area contributed by atoms with Crippen molar-refractivity contribution in [2.75, 3.05) is 31.1 Å². The minimum atomic E-state index is -0.879. The summed E-state index contributed by atoms with van der Waals surface area (Å²) in [5.74, 6) is 0.156. The van der Waals surface area contributed by atoms with Crippen LogP contribution in [-0.2, 0) is 6.54 Å². The summed E-state index contributed by atoms with van der Waals surface area (Å²) in [4.78, 5) is 19.9. The highest BCUT2D eigenvalue weighted by molar-refractivity contribution is 5.87. The van der Waals surface area contributed by atoms with E-state index in [0.717, 1.165) is 44.1 Å². The molecular weight excluding hydrogens is 278 g/mol. The Bertz CT molecular complexity index is 620. The molecule has 0 spiro atoms. The second-order valence-corrected chi connectivity index (χ2v) is 5.45.